The maximum atomic E-state index is 13.1. The molecule has 4 rings (SSSR count). The van der Waals surface area contributed by atoms with Crippen molar-refractivity contribution in [2.45, 2.75) is 19.5 Å². The van der Waals surface area contributed by atoms with Crippen molar-refractivity contribution in [1.29, 1.82) is 0 Å². The largest absolute Gasteiger partial charge is 0.352 e. The molecule has 2 aliphatic heterocycles. The molecule has 1 fully saturated rings. The molecular formula is C19H23N7O3. The molecule has 152 valence electrons. The Labute approximate surface area is 167 Å². The molecule has 0 unspecified atom stereocenters. The second-order valence-corrected chi connectivity index (χ2v) is 7.10. The van der Waals surface area contributed by atoms with Gasteiger partial charge in [-0.2, -0.15) is 0 Å². The first-order valence-corrected chi connectivity index (χ1v) is 9.45. The number of carbonyl (C=O) groups excluding carboxylic acids is 3. The van der Waals surface area contributed by atoms with Crippen molar-refractivity contribution in [3.63, 3.8) is 0 Å². The fourth-order valence-electron chi connectivity index (χ4n) is 3.84. The summed E-state index contributed by atoms with van der Waals surface area (Å²) in [7, 11) is 0. The van der Waals surface area contributed by atoms with Crippen molar-refractivity contribution in [2.24, 2.45) is 5.73 Å². The van der Waals surface area contributed by atoms with Gasteiger partial charge < -0.3 is 16.0 Å². The van der Waals surface area contributed by atoms with Crippen LogP contribution in [-0.4, -0.2) is 68.6 Å². The maximum absolute atomic E-state index is 13.1. The zero-order valence-electron chi connectivity index (χ0n) is 16.1. The Bertz CT molecular complexity index is 935. The zero-order chi connectivity index (χ0) is 20.5. The Morgan fingerprint density at radius 2 is 1.83 bits per heavy atom. The summed E-state index contributed by atoms with van der Waals surface area (Å²) in [6.45, 7) is 4.21. The predicted octanol–water partition coefficient (Wildman–Crippen LogP) is 0.444. The van der Waals surface area contributed by atoms with Gasteiger partial charge in [0.1, 0.15) is 11.9 Å². The summed E-state index contributed by atoms with van der Waals surface area (Å²) in [4.78, 5) is 43.0. The van der Waals surface area contributed by atoms with Gasteiger partial charge in [0.25, 0.3) is 0 Å². The highest BCUT2D eigenvalue weighted by atomic mass is 16.2. The fourth-order valence-corrected chi connectivity index (χ4v) is 3.84. The fraction of sp³-hybridized carbons (Fsp3) is 0.368. The SMILES string of the molecule is Cc1ncc2n1C(=O)N(N1CCN(C(=O)[C@H](NC(N)=O)c3ccccc3)CC1)C2. The number of hydrogen-bond acceptors (Lipinski definition) is 5. The van der Waals surface area contributed by atoms with Crippen LogP contribution in [0.25, 0.3) is 0 Å². The van der Waals surface area contributed by atoms with Crippen LogP contribution >= 0.6 is 0 Å². The van der Waals surface area contributed by atoms with E-state index in [9.17, 15) is 14.4 Å². The van der Waals surface area contributed by atoms with Crippen molar-refractivity contribution in [3.05, 3.63) is 53.6 Å². The number of benzene rings is 1. The molecule has 1 saturated heterocycles. The lowest BCUT2D eigenvalue weighted by Crippen LogP contribution is -2.57. The van der Waals surface area contributed by atoms with E-state index < -0.39 is 12.1 Å². The second-order valence-electron chi connectivity index (χ2n) is 7.10. The lowest BCUT2D eigenvalue weighted by Gasteiger charge is -2.39. The van der Waals surface area contributed by atoms with E-state index in [2.05, 4.69) is 10.3 Å². The summed E-state index contributed by atoms with van der Waals surface area (Å²) >= 11 is 0. The highest BCUT2D eigenvalue weighted by molar-refractivity contribution is 5.88. The summed E-state index contributed by atoms with van der Waals surface area (Å²) in [6, 6.07) is 7.32. The third-order valence-electron chi connectivity index (χ3n) is 5.31. The predicted molar refractivity (Wildman–Crippen MR) is 103 cm³/mol. The molecule has 29 heavy (non-hydrogen) atoms. The number of fused-ring (bicyclic) bond motifs is 1. The van der Waals surface area contributed by atoms with Gasteiger partial charge in [-0.25, -0.2) is 24.1 Å². The normalized spacial score (nSPS) is 17.9. The van der Waals surface area contributed by atoms with Crippen molar-refractivity contribution < 1.29 is 14.4 Å². The van der Waals surface area contributed by atoms with E-state index in [1.54, 1.807) is 51.9 Å². The van der Waals surface area contributed by atoms with Crippen molar-refractivity contribution >= 4 is 18.0 Å². The van der Waals surface area contributed by atoms with Gasteiger partial charge in [0, 0.05) is 26.2 Å². The Hall–Kier alpha value is -3.40. The number of hydrazine groups is 1. The highest BCUT2D eigenvalue weighted by Gasteiger charge is 2.36. The van der Waals surface area contributed by atoms with Crippen LogP contribution in [0.3, 0.4) is 0 Å². The van der Waals surface area contributed by atoms with E-state index in [1.807, 2.05) is 11.1 Å². The second kappa shape index (κ2) is 7.55. The first-order valence-electron chi connectivity index (χ1n) is 9.45. The standard InChI is InChI=1S/C19H23N7O3/c1-13-21-11-15-12-25(19(29)26(13)15)24-9-7-23(8-10-24)17(27)16(22-18(20)28)14-5-3-2-4-6-14/h2-6,11,16H,7-10,12H2,1H3,(H3,20,22,28)/t16-/m1/s1. The number of nitrogens with two attached hydrogens (primary N) is 1. The van der Waals surface area contributed by atoms with Crippen molar-refractivity contribution in [2.75, 3.05) is 26.2 Å². The third kappa shape index (κ3) is 3.54. The Morgan fingerprint density at radius 3 is 2.45 bits per heavy atom. The Balaban J connectivity index is 1.42. The molecule has 10 nitrogen and oxygen atoms in total. The van der Waals surface area contributed by atoms with Gasteiger partial charge in [-0.05, 0) is 12.5 Å². The number of primary amides is 1. The number of nitrogens with zero attached hydrogens (tertiary/aromatic N) is 5. The van der Waals surface area contributed by atoms with Crippen molar-refractivity contribution in [1.82, 2.24) is 29.8 Å². The van der Waals surface area contributed by atoms with Gasteiger partial charge in [-0.15, -0.1) is 0 Å². The summed E-state index contributed by atoms with van der Waals surface area (Å²) in [6.07, 6.45) is 1.72. The molecule has 3 heterocycles. The average Bonchev–Trinajstić information content (AvgIpc) is 3.26. The monoisotopic (exact) mass is 397 g/mol. The number of hydrogen-bond donors (Lipinski definition) is 2. The minimum atomic E-state index is -0.830. The van der Waals surface area contributed by atoms with Crippen molar-refractivity contribution in [3.8, 4) is 0 Å². The first kappa shape index (κ1) is 18.9. The average molecular weight is 397 g/mol. The number of aryl methyl sites for hydroxylation is 1. The number of carbonyl (C=O) groups is 3. The quantitative estimate of drug-likeness (QED) is 0.777. The smallest absolute Gasteiger partial charge is 0.344 e. The summed E-state index contributed by atoms with van der Waals surface area (Å²) in [5.41, 5.74) is 6.82. The van der Waals surface area contributed by atoms with E-state index >= 15 is 0 Å². The summed E-state index contributed by atoms with van der Waals surface area (Å²) in [5, 5.41) is 6.19. The van der Waals surface area contributed by atoms with Crippen LogP contribution in [-0.2, 0) is 11.3 Å². The van der Waals surface area contributed by atoms with Crippen LogP contribution in [0.4, 0.5) is 9.59 Å². The number of rotatable bonds is 4. The van der Waals surface area contributed by atoms with Gasteiger partial charge in [0.05, 0.1) is 18.4 Å². The van der Waals surface area contributed by atoms with Crippen LogP contribution in [0.1, 0.15) is 23.1 Å². The van der Waals surface area contributed by atoms with Crippen LogP contribution in [0.5, 0.6) is 0 Å². The number of piperazine rings is 1. The van der Waals surface area contributed by atoms with E-state index in [1.165, 1.54) is 0 Å². The summed E-state index contributed by atoms with van der Waals surface area (Å²) in [5.74, 6) is 0.457. The number of nitrogens with one attached hydrogen (secondary N) is 1. The minimum Gasteiger partial charge on any atom is -0.352 e. The molecule has 1 aromatic heterocycles. The van der Waals surface area contributed by atoms with Gasteiger partial charge in [-0.1, -0.05) is 30.3 Å². The van der Waals surface area contributed by atoms with E-state index in [0.29, 0.717) is 44.1 Å². The zero-order valence-corrected chi connectivity index (χ0v) is 16.1. The van der Waals surface area contributed by atoms with Gasteiger partial charge >= 0.3 is 12.1 Å². The molecule has 2 aliphatic rings. The molecular weight excluding hydrogens is 374 g/mol. The van der Waals surface area contributed by atoms with Gasteiger partial charge in [0.2, 0.25) is 5.91 Å². The molecule has 0 radical (unpaired) electrons. The molecule has 3 N–H and O–H groups in total. The van der Waals surface area contributed by atoms with Crippen LogP contribution in [0, 0.1) is 6.92 Å². The lowest BCUT2D eigenvalue weighted by atomic mass is 10.1. The number of urea groups is 1. The van der Waals surface area contributed by atoms with Crippen LogP contribution in [0.2, 0.25) is 0 Å². The Morgan fingerprint density at radius 1 is 1.14 bits per heavy atom. The third-order valence-corrected chi connectivity index (χ3v) is 5.31. The minimum absolute atomic E-state index is 0.118. The molecule has 0 saturated carbocycles. The molecule has 0 aliphatic carbocycles. The maximum Gasteiger partial charge on any atom is 0.344 e. The Kier molecular flexibility index (Phi) is 4.93. The highest BCUT2D eigenvalue weighted by Crippen LogP contribution is 2.22. The summed E-state index contributed by atoms with van der Waals surface area (Å²) < 4.78 is 1.61. The number of aromatic nitrogens is 2. The molecule has 4 amide bonds. The lowest BCUT2D eigenvalue weighted by molar-refractivity contribution is -0.137. The molecule has 1 atom stereocenters. The number of imidazole rings is 1. The van der Waals surface area contributed by atoms with E-state index in [4.69, 9.17) is 5.73 Å². The molecule has 1 aromatic carbocycles. The van der Waals surface area contributed by atoms with Crippen LogP contribution < -0.4 is 11.1 Å². The molecule has 0 spiro atoms. The van der Waals surface area contributed by atoms with Gasteiger partial charge in [0.15, 0.2) is 0 Å². The molecule has 2 aromatic rings. The number of amides is 4. The van der Waals surface area contributed by atoms with Gasteiger partial charge in [-0.3, -0.25) is 9.80 Å². The van der Waals surface area contributed by atoms with Crippen LogP contribution in [0.15, 0.2) is 36.5 Å². The molecule has 0 bridgehead atoms. The topological polar surface area (TPSA) is 117 Å². The van der Waals surface area contributed by atoms with E-state index in [0.717, 1.165) is 5.69 Å². The first-order chi connectivity index (χ1) is 14.0. The molecule has 10 heteroatoms. The van der Waals surface area contributed by atoms with E-state index in [-0.39, 0.29) is 11.9 Å².